The molecule has 124 valence electrons. The SMILES string of the molecule is CCNC(=NCc1ccnc(OC)c1)NCc1ccc(CC)s1. The highest BCUT2D eigenvalue weighted by Gasteiger charge is 2.02. The van der Waals surface area contributed by atoms with Crippen LogP contribution < -0.4 is 15.4 Å². The number of thiophene rings is 1. The Morgan fingerprint density at radius 1 is 1.22 bits per heavy atom. The van der Waals surface area contributed by atoms with Gasteiger partial charge < -0.3 is 15.4 Å². The molecule has 2 heterocycles. The average molecular weight is 332 g/mol. The van der Waals surface area contributed by atoms with Crippen LogP contribution >= 0.6 is 11.3 Å². The van der Waals surface area contributed by atoms with Crippen molar-refractivity contribution in [3.8, 4) is 5.88 Å². The minimum atomic E-state index is 0.582. The Bertz CT molecular complexity index is 639. The highest BCUT2D eigenvalue weighted by molar-refractivity contribution is 7.11. The standard InChI is InChI=1S/C17H24N4OS/c1-4-14-6-7-15(23-14)12-21-17(18-5-2)20-11-13-8-9-19-16(10-13)22-3/h6-10H,4-5,11-12H2,1-3H3,(H2,18,20,21). The predicted octanol–water partition coefficient (Wildman–Crippen LogP) is 2.97. The molecule has 0 atom stereocenters. The summed E-state index contributed by atoms with van der Waals surface area (Å²) >= 11 is 1.84. The van der Waals surface area contributed by atoms with Crippen LogP contribution in [0.25, 0.3) is 0 Å². The lowest BCUT2D eigenvalue weighted by atomic mass is 10.3. The first kappa shape index (κ1) is 17.3. The molecule has 6 heteroatoms. The van der Waals surface area contributed by atoms with Gasteiger partial charge in [0.25, 0.3) is 0 Å². The van der Waals surface area contributed by atoms with E-state index in [4.69, 9.17) is 4.74 Å². The second-order valence-electron chi connectivity index (χ2n) is 4.98. The number of hydrogen-bond donors (Lipinski definition) is 2. The summed E-state index contributed by atoms with van der Waals surface area (Å²) in [4.78, 5) is 11.5. The smallest absolute Gasteiger partial charge is 0.213 e. The van der Waals surface area contributed by atoms with Crippen LogP contribution in [0.1, 0.15) is 29.2 Å². The zero-order chi connectivity index (χ0) is 16.5. The van der Waals surface area contributed by atoms with E-state index in [1.807, 2.05) is 23.5 Å². The summed E-state index contributed by atoms with van der Waals surface area (Å²) < 4.78 is 5.14. The van der Waals surface area contributed by atoms with Crippen molar-refractivity contribution in [3.63, 3.8) is 0 Å². The first-order chi connectivity index (χ1) is 11.2. The minimum Gasteiger partial charge on any atom is -0.481 e. The Kier molecular flexibility index (Phi) is 6.87. The van der Waals surface area contributed by atoms with Crippen LogP contribution in [0.15, 0.2) is 35.5 Å². The molecule has 2 aromatic heterocycles. The predicted molar refractivity (Wildman–Crippen MR) is 96.1 cm³/mol. The van der Waals surface area contributed by atoms with Gasteiger partial charge in [-0.05, 0) is 37.1 Å². The number of aromatic nitrogens is 1. The number of pyridine rings is 1. The van der Waals surface area contributed by atoms with Crippen LogP contribution in [0.2, 0.25) is 0 Å². The summed E-state index contributed by atoms with van der Waals surface area (Å²) in [5.41, 5.74) is 1.07. The van der Waals surface area contributed by atoms with E-state index in [9.17, 15) is 0 Å². The summed E-state index contributed by atoms with van der Waals surface area (Å²) in [5, 5.41) is 6.64. The maximum atomic E-state index is 5.14. The lowest BCUT2D eigenvalue weighted by Crippen LogP contribution is -2.36. The van der Waals surface area contributed by atoms with E-state index < -0.39 is 0 Å². The molecule has 0 spiro atoms. The second-order valence-corrected chi connectivity index (χ2v) is 6.23. The van der Waals surface area contributed by atoms with Gasteiger partial charge in [-0.3, -0.25) is 0 Å². The molecular weight excluding hydrogens is 308 g/mol. The first-order valence-corrected chi connectivity index (χ1v) is 8.65. The summed E-state index contributed by atoms with van der Waals surface area (Å²) in [6.45, 7) is 6.44. The van der Waals surface area contributed by atoms with Crippen molar-refractivity contribution in [1.82, 2.24) is 15.6 Å². The highest BCUT2D eigenvalue weighted by Crippen LogP contribution is 2.16. The van der Waals surface area contributed by atoms with Gasteiger partial charge in [-0.2, -0.15) is 0 Å². The fourth-order valence-electron chi connectivity index (χ4n) is 2.05. The van der Waals surface area contributed by atoms with Crippen molar-refractivity contribution in [2.24, 2.45) is 4.99 Å². The fourth-order valence-corrected chi connectivity index (χ4v) is 2.95. The highest BCUT2D eigenvalue weighted by atomic mass is 32.1. The first-order valence-electron chi connectivity index (χ1n) is 7.83. The molecule has 0 saturated carbocycles. The van der Waals surface area contributed by atoms with Crippen molar-refractivity contribution < 1.29 is 4.74 Å². The van der Waals surface area contributed by atoms with Gasteiger partial charge in [-0.1, -0.05) is 6.92 Å². The number of nitrogens with one attached hydrogen (secondary N) is 2. The lowest BCUT2D eigenvalue weighted by Gasteiger charge is -2.10. The zero-order valence-corrected chi connectivity index (χ0v) is 14.7. The molecule has 0 fully saturated rings. The summed E-state index contributed by atoms with van der Waals surface area (Å²) in [7, 11) is 1.62. The van der Waals surface area contributed by atoms with Crippen molar-refractivity contribution in [3.05, 3.63) is 45.8 Å². The summed E-state index contributed by atoms with van der Waals surface area (Å²) in [6, 6.07) is 8.21. The van der Waals surface area contributed by atoms with Crippen LogP contribution in [0, 0.1) is 0 Å². The molecule has 0 amide bonds. The number of aliphatic imine (C=N–C) groups is 1. The average Bonchev–Trinajstić information content (AvgIpc) is 3.05. The number of rotatable bonds is 7. The largest absolute Gasteiger partial charge is 0.481 e. The molecule has 0 aliphatic heterocycles. The van der Waals surface area contributed by atoms with Crippen molar-refractivity contribution in [2.45, 2.75) is 33.4 Å². The van der Waals surface area contributed by atoms with Gasteiger partial charge in [0.05, 0.1) is 20.2 Å². The molecule has 2 N–H and O–H groups in total. The van der Waals surface area contributed by atoms with E-state index in [0.717, 1.165) is 31.0 Å². The normalized spacial score (nSPS) is 11.3. The van der Waals surface area contributed by atoms with Gasteiger partial charge >= 0.3 is 0 Å². The van der Waals surface area contributed by atoms with Crippen LogP contribution in [0.4, 0.5) is 0 Å². The number of methoxy groups -OCH3 is 1. The number of guanidine groups is 1. The van der Waals surface area contributed by atoms with Crippen LogP contribution in [-0.2, 0) is 19.5 Å². The molecule has 0 unspecified atom stereocenters. The zero-order valence-electron chi connectivity index (χ0n) is 13.9. The molecule has 0 saturated heterocycles. The Labute approximate surface area is 141 Å². The molecule has 0 aliphatic rings. The fraction of sp³-hybridized carbons (Fsp3) is 0.412. The molecule has 23 heavy (non-hydrogen) atoms. The van der Waals surface area contributed by atoms with Crippen molar-refractivity contribution in [1.29, 1.82) is 0 Å². The summed E-state index contributed by atoms with van der Waals surface area (Å²) in [6.07, 6.45) is 2.82. The monoisotopic (exact) mass is 332 g/mol. The van der Waals surface area contributed by atoms with E-state index in [2.05, 4.69) is 46.6 Å². The third-order valence-corrected chi connectivity index (χ3v) is 4.50. The topological polar surface area (TPSA) is 58.5 Å². The van der Waals surface area contributed by atoms with E-state index >= 15 is 0 Å². The van der Waals surface area contributed by atoms with Gasteiger partial charge in [0, 0.05) is 28.6 Å². The Hall–Kier alpha value is -2.08. The Balaban J connectivity index is 1.95. The number of aryl methyl sites for hydroxylation is 1. The quantitative estimate of drug-likeness (QED) is 0.604. The molecule has 0 bridgehead atoms. The molecular formula is C17H24N4OS. The van der Waals surface area contributed by atoms with Crippen LogP contribution in [0.5, 0.6) is 5.88 Å². The molecule has 2 aromatic rings. The van der Waals surface area contributed by atoms with Crippen LogP contribution in [0.3, 0.4) is 0 Å². The van der Waals surface area contributed by atoms with E-state index in [1.165, 1.54) is 9.75 Å². The molecule has 2 rings (SSSR count). The van der Waals surface area contributed by atoms with Gasteiger partial charge in [-0.15, -0.1) is 11.3 Å². The van der Waals surface area contributed by atoms with Crippen molar-refractivity contribution >= 4 is 17.3 Å². The van der Waals surface area contributed by atoms with Crippen molar-refractivity contribution in [2.75, 3.05) is 13.7 Å². The van der Waals surface area contributed by atoms with E-state index in [-0.39, 0.29) is 0 Å². The number of nitrogens with zero attached hydrogens (tertiary/aromatic N) is 2. The third kappa shape index (κ3) is 5.56. The molecule has 0 radical (unpaired) electrons. The number of hydrogen-bond acceptors (Lipinski definition) is 4. The lowest BCUT2D eigenvalue weighted by molar-refractivity contribution is 0.397. The molecule has 0 aliphatic carbocycles. The Morgan fingerprint density at radius 2 is 2.04 bits per heavy atom. The minimum absolute atomic E-state index is 0.582. The van der Waals surface area contributed by atoms with Crippen LogP contribution in [-0.4, -0.2) is 24.6 Å². The maximum absolute atomic E-state index is 5.14. The van der Waals surface area contributed by atoms with E-state index in [1.54, 1.807) is 13.3 Å². The summed E-state index contributed by atoms with van der Waals surface area (Å²) in [5.74, 6) is 1.43. The molecule has 5 nitrogen and oxygen atoms in total. The Morgan fingerprint density at radius 3 is 2.74 bits per heavy atom. The second kappa shape index (κ2) is 9.15. The van der Waals surface area contributed by atoms with Gasteiger partial charge in [-0.25, -0.2) is 9.98 Å². The third-order valence-electron chi connectivity index (χ3n) is 3.27. The van der Waals surface area contributed by atoms with Gasteiger partial charge in [0.2, 0.25) is 5.88 Å². The molecule has 0 aromatic carbocycles. The van der Waals surface area contributed by atoms with Gasteiger partial charge in [0.1, 0.15) is 0 Å². The van der Waals surface area contributed by atoms with Gasteiger partial charge in [0.15, 0.2) is 5.96 Å². The van der Waals surface area contributed by atoms with E-state index in [0.29, 0.717) is 12.4 Å². The number of ether oxygens (including phenoxy) is 1. The maximum Gasteiger partial charge on any atom is 0.213 e.